The summed E-state index contributed by atoms with van der Waals surface area (Å²) in [6.45, 7) is 1.31. The Hall–Kier alpha value is -3.57. The molecule has 0 aliphatic carbocycles. The van der Waals surface area contributed by atoms with Crippen LogP contribution in [0.1, 0.15) is 16.1 Å². The summed E-state index contributed by atoms with van der Waals surface area (Å²) < 4.78 is 25.9. The van der Waals surface area contributed by atoms with Gasteiger partial charge in [-0.3, -0.25) is 25.2 Å². The maximum atomic E-state index is 12.5. The van der Waals surface area contributed by atoms with E-state index >= 15 is 0 Å². The van der Waals surface area contributed by atoms with Crippen LogP contribution in [0.5, 0.6) is 0 Å². The molecule has 1 aromatic heterocycles. The minimum absolute atomic E-state index is 0.0522. The van der Waals surface area contributed by atoms with Crippen molar-refractivity contribution in [2.24, 2.45) is 0 Å². The molecule has 0 bridgehead atoms. The summed E-state index contributed by atoms with van der Waals surface area (Å²) in [7, 11) is -2.61. The maximum absolute atomic E-state index is 12.5. The van der Waals surface area contributed by atoms with Gasteiger partial charge < -0.3 is 0 Å². The number of aromatic amines is 1. The molecule has 0 saturated heterocycles. The molecule has 0 aliphatic rings. The Morgan fingerprint density at radius 2 is 1.67 bits per heavy atom. The van der Waals surface area contributed by atoms with E-state index in [2.05, 4.69) is 21.0 Å². The van der Waals surface area contributed by atoms with Gasteiger partial charge in [0.15, 0.2) is 5.69 Å². The van der Waals surface area contributed by atoms with Crippen molar-refractivity contribution in [2.45, 2.75) is 11.8 Å². The number of hydrazine groups is 1. The van der Waals surface area contributed by atoms with Gasteiger partial charge in [0.25, 0.3) is 17.4 Å². The summed E-state index contributed by atoms with van der Waals surface area (Å²) in [6.07, 6.45) is 0. The number of aryl methyl sites for hydroxylation is 1. The SMILES string of the molecule is Cc1ccc(S(=O)(=O)N(C)CC(=O)NNC(=O)c2n[nH]c(=O)c3ccccc23)cc1. The van der Waals surface area contributed by atoms with E-state index in [1.165, 1.54) is 25.2 Å². The summed E-state index contributed by atoms with van der Waals surface area (Å²) in [5.41, 5.74) is 4.68. The number of nitrogens with one attached hydrogen (secondary N) is 3. The van der Waals surface area contributed by atoms with E-state index in [4.69, 9.17) is 0 Å². The Bertz CT molecular complexity index is 1270. The van der Waals surface area contributed by atoms with Crippen LogP contribution in [0.2, 0.25) is 0 Å². The first kappa shape index (κ1) is 21.1. The van der Waals surface area contributed by atoms with Gasteiger partial charge in [0, 0.05) is 12.4 Å². The number of rotatable bonds is 5. The third-order valence-electron chi connectivity index (χ3n) is 4.32. The lowest BCUT2D eigenvalue weighted by Crippen LogP contribution is -2.47. The molecule has 0 radical (unpaired) electrons. The van der Waals surface area contributed by atoms with Crippen LogP contribution in [0, 0.1) is 6.92 Å². The van der Waals surface area contributed by atoms with Crippen molar-refractivity contribution in [3.63, 3.8) is 0 Å². The zero-order valence-corrected chi connectivity index (χ0v) is 17.0. The number of fused-ring (bicyclic) bond motifs is 1. The number of carbonyl (C=O) groups excluding carboxylic acids is 2. The highest BCUT2D eigenvalue weighted by Gasteiger charge is 2.23. The second kappa shape index (κ2) is 8.43. The average Bonchev–Trinajstić information content (AvgIpc) is 2.73. The van der Waals surface area contributed by atoms with Gasteiger partial charge in [-0.2, -0.15) is 9.40 Å². The average molecular weight is 429 g/mol. The number of aromatic nitrogens is 2. The molecule has 11 heteroatoms. The smallest absolute Gasteiger partial charge is 0.272 e. The summed E-state index contributed by atoms with van der Waals surface area (Å²) in [5, 5.41) is 6.53. The largest absolute Gasteiger partial charge is 0.290 e. The minimum atomic E-state index is -3.87. The third-order valence-corrected chi connectivity index (χ3v) is 6.14. The lowest BCUT2D eigenvalue weighted by molar-refractivity contribution is -0.121. The van der Waals surface area contributed by atoms with Gasteiger partial charge >= 0.3 is 0 Å². The molecule has 0 unspecified atom stereocenters. The fraction of sp³-hybridized carbons (Fsp3) is 0.158. The molecule has 3 rings (SSSR count). The standard InChI is InChI=1S/C19H19N5O5S/c1-12-7-9-13(10-8-12)30(28,29)24(2)11-16(25)20-23-19(27)17-14-5-3-4-6-15(14)18(26)22-21-17/h3-10H,11H2,1-2H3,(H,20,25)(H,22,26)(H,23,27). The van der Waals surface area contributed by atoms with Gasteiger partial charge in [0.2, 0.25) is 10.0 Å². The predicted molar refractivity (Wildman–Crippen MR) is 109 cm³/mol. The number of nitrogens with zero attached hydrogens (tertiary/aromatic N) is 2. The summed E-state index contributed by atoms with van der Waals surface area (Å²) >= 11 is 0. The number of likely N-dealkylation sites (N-methyl/N-ethyl adjacent to an activating group) is 1. The van der Waals surface area contributed by atoms with Crippen LogP contribution in [-0.4, -0.2) is 48.3 Å². The van der Waals surface area contributed by atoms with Crippen LogP contribution in [0.3, 0.4) is 0 Å². The highest BCUT2D eigenvalue weighted by molar-refractivity contribution is 7.89. The molecule has 10 nitrogen and oxygen atoms in total. The Morgan fingerprint density at radius 1 is 1.03 bits per heavy atom. The monoisotopic (exact) mass is 429 g/mol. The number of H-pyrrole nitrogens is 1. The van der Waals surface area contributed by atoms with Gasteiger partial charge in [0.1, 0.15) is 0 Å². The zero-order chi connectivity index (χ0) is 21.9. The molecular weight excluding hydrogens is 410 g/mol. The molecule has 0 aliphatic heterocycles. The van der Waals surface area contributed by atoms with E-state index in [-0.39, 0.29) is 16.0 Å². The number of amides is 2. The van der Waals surface area contributed by atoms with E-state index in [1.54, 1.807) is 30.3 Å². The number of sulfonamides is 1. The van der Waals surface area contributed by atoms with Crippen molar-refractivity contribution >= 4 is 32.6 Å². The van der Waals surface area contributed by atoms with Crippen LogP contribution in [0.15, 0.2) is 58.2 Å². The van der Waals surface area contributed by atoms with Crippen LogP contribution in [-0.2, 0) is 14.8 Å². The highest BCUT2D eigenvalue weighted by atomic mass is 32.2. The molecule has 30 heavy (non-hydrogen) atoms. The number of hydrogen-bond donors (Lipinski definition) is 3. The Morgan fingerprint density at radius 3 is 2.33 bits per heavy atom. The normalized spacial score (nSPS) is 11.4. The molecule has 0 fully saturated rings. The topological polar surface area (TPSA) is 141 Å². The first-order chi connectivity index (χ1) is 14.2. The van der Waals surface area contributed by atoms with Crippen molar-refractivity contribution in [1.29, 1.82) is 0 Å². The second-order valence-corrected chi connectivity index (χ2v) is 8.57. The van der Waals surface area contributed by atoms with E-state index in [0.717, 1.165) is 9.87 Å². The van der Waals surface area contributed by atoms with Crippen molar-refractivity contribution in [1.82, 2.24) is 25.4 Å². The van der Waals surface area contributed by atoms with Gasteiger partial charge in [-0.05, 0) is 25.1 Å². The Labute approximate surface area is 171 Å². The molecule has 0 saturated carbocycles. The van der Waals surface area contributed by atoms with Crippen LogP contribution < -0.4 is 16.4 Å². The molecule has 1 heterocycles. The summed E-state index contributed by atoms with van der Waals surface area (Å²) in [6, 6.07) is 12.6. The minimum Gasteiger partial charge on any atom is -0.272 e. The van der Waals surface area contributed by atoms with Crippen LogP contribution in [0.4, 0.5) is 0 Å². The predicted octanol–water partition coefficient (Wildman–Crippen LogP) is 0.313. The van der Waals surface area contributed by atoms with Crippen molar-refractivity contribution in [3.05, 3.63) is 70.1 Å². The number of benzene rings is 2. The van der Waals surface area contributed by atoms with Gasteiger partial charge in [-0.25, -0.2) is 13.5 Å². The van der Waals surface area contributed by atoms with Crippen molar-refractivity contribution in [2.75, 3.05) is 13.6 Å². The molecule has 2 amide bonds. The third kappa shape index (κ3) is 4.36. The second-order valence-electron chi connectivity index (χ2n) is 6.52. The van der Waals surface area contributed by atoms with Gasteiger partial charge in [-0.15, -0.1) is 0 Å². The first-order valence-corrected chi connectivity index (χ1v) is 10.2. The molecule has 0 atom stereocenters. The van der Waals surface area contributed by atoms with E-state index in [0.29, 0.717) is 5.39 Å². The van der Waals surface area contributed by atoms with E-state index < -0.39 is 33.9 Å². The van der Waals surface area contributed by atoms with Crippen LogP contribution >= 0.6 is 0 Å². The molecule has 3 aromatic rings. The lowest BCUT2D eigenvalue weighted by atomic mass is 10.1. The number of carbonyl (C=O) groups is 2. The maximum Gasteiger partial charge on any atom is 0.290 e. The lowest BCUT2D eigenvalue weighted by Gasteiger charge is -2.17. The fourth-order valence-electron chi connectivity index (χ4n) is 2.69. The van der Waals surface area contributed by atoms with Crippen molar-refractivity contribution in [3.8, 4) is 0 Å². The van der Waals surface area contributed by atoms with Crippen molar-refractivity contribution < 1.29 is 18.0 Å². The first-order valence-electron chi connectivity index (χ1n) is 8.80. The Kier molecular flexibility index (Phi) is 5.94. The van der Waals surface area contributed by atoms with Crippen LogP contribution in [0.25, 0.3) is 10.8 Å². The fourth-order valence-corrected chi connectivity index (χ4v) is 3.82. The molecule has 156 valence electrons. The molecule has 3 N–H and O–H groups in total. The van der Waals surface area contributed by atoms with E-state index in [1.807, 2.05) is 6.92 Å². The zero-order valence-electron chi connectivity index (χ0n) is 16.2. The van der Waals surface area contributed by atoms with Gasteiger partial charge in [0.05, 0.1) is 16.8 Å². The molecule has 2 aromatic carbocycles. The Balaban J connectivity index is 1.66. The summed E-state index contributed by atoms with van der Waals surface area (Å²) in [4.78, 5) is 36.3. The summed E-state index contributed by atoms with van der Waals surface area (Å²) in [5.74, 6) is -1.52. The molecule has 0 spiro atoms. The molecular formula is C19H19N5O5S. The highest BCUT2D eigenvalue weighted by Crippen LogP contribution is 2.15. The number of hydrogen-bond acceptors (Lipinski definition) is 6. The van der Waals surface area contributed by atoms with E-state index in [9.17, 15) is 22.8 Å². The quantitative estimate of drug-likeness (QED) is 0.499. The van der Waals surface area contributed by atoms with Gasteiger partial charge in [-0.1, -0.05) is 35.9 Å².